The molecule has 1 aliphatic rings. The smallest absolute Gasteiger partial charge is 0.282 e. The molecule has 0 bridgehead atoms. The van der Waals surface area contributed by atoms with Crippen LogP contribution in [0.5, 0.6) is 0 Å². The molecule has 0 radical (unpaired) electrons. The summed E-state index contributed by atoms with van der Waals surface area (Å²) in [6.07, 6.45) is 0. The predicted molar refractivity (Wildman–Crippen MR) is 147 cm³/mol. The normalized spacial score (nSPS) is 14.7. The first-order valence-corrected chi connectivity index (χ1v) is 13.8. The van der Waals surface area contributed by atoms with Gasteiger partial charge in [-0.25, -0.2) is 10.2 Å². The van der Waals surface area contributed by atoms with E-state index in [9.17, 15) is 23.0 Å². The number of carbonyl (C=O) groups excluding carboxylic acids is 1. The summed E-state index contributed by atoms with van der Waals surface area (Å²) in [7, 11) is -4.70. The van der Waals surface area contributed by atoms with Crippen molar-refractivity contribution in [2.24, 2.45) is 15.2 Å². The number of rotatable bonds is 8. The summed E-state index contributed by atoms with van der Waals surface area (Å²) in [6.45, 7) is 1.29. The number of hydrogen-bond donors (Lipinski definition) is 2. The van der Waals surface area contributed by atoms with Gasteiger partial charge in [-0.3, -0.25) is 18.9 Å². The second kappa shape index (κ2) is 11.5. The largest absolute Gasteiger partial charge is 0.294 e. The fourth-order valence-electron chi connectivity index (χ4n) is 4.15. The fourth-order valence-corrected chi connectivity index (χ4v) is 5.24. The van der Waals surface area contributed by atoms with Gasteiger partial charge in [-0.05, 0) is 61.0 Å². The molecule has 2 N–H and O–H groups in total. The molecule has 5 rings (SSSR count). The Bertz CT molecular complexity index is 1920. The summed E-state index contributed by atoms with van der Waals surface area (Å²) < 4.78 is 40.0. The molecule has 0 fully saturated rings. The van der Waals surface area contributed by atoms with Crippen LogP contribution in [-0.4, -0.2) is 39.4 Å². The monoisotopic (exact) mass is 590 g/mol. The van der Waals surface area contributed by atoms with E-state index >= 15 is 0 Å². The lowest BCUT2D eigenvalue weighted by molar-refractivity contribution is -0.432. The summed E-state index contributed by atoms with van der Waals surface area (Å²) >= 11 is 0.770. The van der Waals surface area contributed by atoms with Crippen molar-refractivity contribution in [2.45, 2.75) is 23.3 Å². The maximum atomic E-state index is 13.4. The van der Waals surface area contributed by atoms with Gasteiger partial charge in [-0.15, -0.1) is 4.33 Å². The minimum atomic E-state index is -4.70. The maximum Gasteiger partial charge on any atom is 0.294 e. The van der Waals surface area contributed by atoms with E-state index in [0.29, 0.717) is 27.2 Å². The van der Waals surface area contributed by atoms with Crippen molar-refractivity contribution in [3.8, 4) is 6.07 Å². The van der Waals surface area contributed by atoms with E-state index in [1.165, 1.54) is 16.7 Å². The Balaban J connectivity index is 1.45. The van der Waals surface area contributed by atoms with Gasteiger partial charge < -0.3 is 0 Å². The molecule has 0 spiro atoms. The molecule has 41 heavy (non-hydrogen) atoms. The first kappa shape index (κ1) is 28.0. The number of fused-ring (bicyclic) bond motifs is 3. The number of nitrogens with zero attached hydrogens (tertiary/aromatic N) is 6. The van der Waals surface area contributed by atoms with Gasteiger partial charge in [0.2, 0.25) is 0 Å². The number of allylic oxidation sites excluding steroid dienone is 2. The average molecular weight is 591 g/mol. The summed E-state index contributed by atoms with van der Waals surface area (Å²) in [5.41, 5.74) is 2.17. The van der Waals surface area contributed by atoms with Crippen LogP contribution in [0.2, 0.25) is 0 Å². The highest BCUT2D eigenvalue weighted by Crippen LogP contribution is 2.30. The van der Waals surface area contributed by atoms with Crippen molar-refractivity contribution >= 4 is 61.8 Å². The van der Waals surface area contributed by atoms with Gasteiger partial charge in [0.15, 0.2) is 5.82 Å². The molecular formula is C26H18N6O7S2. The highest BCUT2D eigenvalue weighted by molar-refractivity contribution is 7.94. The molecule has 13 nitrogen and oxygen atoms in total. The third-order valence-electron chi connectivity index (χ3n) is 6.05. The number of azo groups is 1. The van der Waals surface area contributed by atoms with Crippen LogP contribution in [0.1, 0.15) is 23.1 Å². The number of benzene rings is 3. The zero-order chi connectivity index (χ0) is 29.1. The molecule has 2 heterocycles. The van der Waals surface area contributed by atoms with E-state index < -0.39 is 20.9 Å². The first-order valence-electron chi connectivity index (χ1n) is 11.7. The molecule has 0 saturated carbocycles. The molecule has 1 aliphatic heterocycles. The second-order valence-corrected chi connectivity index (χ2v) is 10.7. The Morgan fingerprint density at radius 1 is 1.07 bits per heavy atom. The average Bonchev–Trinajstić information content (AvgIpc) is 3.35. The van der Waals surface area contributed by atoms with Crippen LogP contribution >= 0.6 is 12.0 Å². The van der Waals surface area contributed by atoms with Crippen molar-refractivity contribution in [1.82, 2.24) is 9.55 Å². The van der Waals surface area contributed by atoms with Crippen LogP contribution in [0.15, 0.2) is 97.3 Å². The van der Waals surface area contributed by atoms with E-state index in [0.717, 1.165) is 18.1 Å². The van der Waals surface area contributed by atoms with Crippen LogP contribution in [0.4, 0.5) is 11.4 Å². The highest BCUT2D eigenvalue weighted by atomic mass is 32.2. The van der Waals surface area contributed by atoms with Crippen molar-refractivity contribution in [3.05, 3.63) is 83.7 Å². The lowest BCUT2D eigenvalue weighted by atomic mass is 10.0. The van der Waals surface area contributed by atoms with Gasteiger partial charge >= 0.3 is 0 Å². The molecule has 15 heteroatoms. The molecule has 206 valence electrons. The second-order valence-electron chi connectivity index (χ2n) is 8.53. The van der Waals surface area contributed by atoms with Crippen LogP contribution in [0.3, 0.4) is 0 Å². The molecule has 3 aromatic carbocycles. The highest BCUT2D eigenvalue weighted by Gasteiger charge is 2.32. The van der Waals surface area contributed by atoms with E-state index in [1.54, 1.807) is 55.5 Å². The Kier molecular flexibility index (Phi) is 7.85. The lowest BCUT2D eigenvalue weighted by Crippen LogP contribution is -2.29. The number of nitriles is 1. The fraction of sp³-hybridized carbons (Fsp3) is 0.0769. The minimum Gasteiger partial charge on any atom is -0.282 e. The number of para-hydroxylation sites is 2. The zero-order valence-corrected chi connectivity index (χ0v) is 22.6. The van der Waals surface area contributed by atoms with Gasteiger partial charge in [0.05, 0.1) is 41.0 Å². The SMILES string of the molecule is CC1=C(C#N)c2nc3ccccc3n2C(=O)C1=NCc1ccc(N=Nc2ccc(SOOO)cc2)cc1S(=O)(=O)O. The van der Waals surface area contributed by atoms with Crippen LogP contribution in [0.25, 0.3) is 16.6 Å². The first-order chi connectivity index (χ1) is 19.7. The number of hydrogen-bond acceptors (Lipinski definition) is 12. The number of aromatic nitrogens is 2. The van der Waals surface area contributed by atoms with Gasteiger partial charge in [0, 0.05) is 10.5 Å². The third-order valence-corrected chi connectivity index (χ3v) is 7.58. The van der Waals surface area contributed by atoms with Crippen LogP contribution in [0, 0.1) is 11.3 Å². The van der Waals surface area contributed by atoms with E-state index in [2.05, 4.69) is 35.6 Å². The van der Waals surface area contributed by atoms with E-state index in [1.807, 2.05) is 0 Å². The molecule has 0 saturated heterocycles. The van der Waals surface area contributed by atoms with Crippen molar-refractivity contribution in [2.75, 3.05) is 0 Å². The maximum absolute atomic E-state index is 13.4. The quantitative estimate of drug-likeness (QED) is 0.0844. The Morgan fingerprint density at radius 3 is 2.49 bits per heavy atom. The molecule has 4 aromatic rings. The minimum absolute atomic E-state index is 0.0279. The molecule has 0 unspecified atom stereocenters. The predicted octanol–water partition coefficient (Wildman–Crippen LogP) is 5.72. The zero-order valence-electron chi connectivity index (χ0n) is 21.0. The Labute approximate surface area is 236 Å². The molecule has 0 atom stereocenters. The van der Waals surface area contributed by atoms with Crippen LogP contribution < -0.4 is 0 Å². The molecular weight excluding hydrogens is 572 g/mol. The molecule has 0 aliphatic carbocycles. The van der Waals surface area contributed by atoms with Gasteiger partial charge in [-0.1, -0.05) is 23.2 Å². The van der Waals surface area contributed by atoms with E-state index in [-0.39, 0.29) is 34.9 Å². The molecule has 1 aromatic heterocycles. The van der Waals surface area contributed by atoms with Gasteiger partial charge in [0.25, 0.3) is 16.0 Å². The van der Waals surface area contributed by atoms with E-state index in [4.69, 9.17) is 5.26 Å². The lowest BCUT2D eigenvalue weighted by Gasteiger charge is -2.17. The number of carbonyl (C=O) groups is 1. The topological polar surface area (TPSA) is 189 Å². The standard InChI is InChI=1S/C26H18N6O7S2/c1-15-20(13-27)25-29-21-4-2-3-5-22(21)32(25)26(33)24(15)28-14-16-6-7-18(12-23(16)41(35,36)37)31-30-17-8-10-19(11-9-17)40-39-38-34/h2-12,34H,14H2,1H3,(H,35,36,37). The van der Waals surface area contributed by atoms with Gasteiger partial charge in [0.1, 0.15) is 22.2 Å². The summed E-state index contributed by atoms with van der Waals surface area (Å²) in [6, 6.07) is 19.5. The van der Waals surface area contributed by atoms with Gasteiger partial charge in [-0.2, -0.15) is 23.9 Å². The van der Waals surface area contributed by atoms with Crippen molar-refractivity contribution < 1.29 is 32.4 Å². The van der Waals surface area contributed by atoms with Crippen LogP contribution in [-0.2, 0) is 26.0 Å². The number of imidazole rings is 1. The van der Waals surface area contributed by atoms with Crippen molar-refractivity contribution in [3.63, 3.8) is 0 Å². The van der Waals surface area contributed by atoms with Crippen molar-refractivity contribution in [1.29, 1.82) is 5.26 Å². The Hall–Kier alpha value is -4.56. The summed E-state index contributed by atoms with van der Waals surface area (Å²) in [4.78, 5) is 22.4. The molecule has 0 amide bonds. The third kappa shape index (κ3) is 5.69. The summed E-state index contributed by atoms with van der Waals surface area (Å²) in [5, 5.41) is 29.6. The number of aliphatic imine (C=N–C) groups is 1. The summed E-state index contributed by atoms with van der Waals surface area (Å²) in [5.74, 6) is -0.298. The Morgan fingerprint density at radius 2 is 1.78 bits per heavy atom.